The summed E-state index contributed by atoms with van der Waals surface area (Å²) in [5, 5.41) is 0. The van der Waals surface area contributed by atoms with E-state index in [2.05, 4.69) is 9.80 Å². The number of methoxy groups -OCH3 is 1. The van der Waals surface area contributed by atoms with Crippen molar-refractivity contribution >= 4 is 5.91 Å². The molecule has 0 radical (unpaired) electrons. The van der Waals surface area contributed by atoms with Crippen molar-refractivity contribution in [2.24, 2.45) is 5.92 Å². The highest BCUT2D eigenvalue weighted by Crippen LogP contribution is 2.26. The maximum Gasteiger partial charge on any atom is 0.228 e. The van der Waals surface area contributed by atoms with Gasteiger partial charge < -0.3 is 19.3 Å². The van der Waals surface area contributed by atoms with E-state index < -0.39 is 0 Å². The molecule has 5 nitrogen and oxygen atoms in total. The maximum absolute atomic E-state index is 12.8. The van der Waals surface area contributed by atoms with Crippen LogP contribution in [0, 0.1) is 5.92 Å². The van der Waals surface area contributed by atoms with Gasteiger partial charge in [-0.15, -0.1) is 0 Å². The second-order valence-electron chi connectivity index (χ2n) is 6.66. The molecular formula is C16H28N2O3. The van der Waals surface area contributed by atoms with E-state index in [1.165, 1.54) is 25.9 Å². The van der Waals surface area contributed by atoms with E-state index in [4.69, 9.17) is 9.47 Å². The van der Waals surface area contributed by atoms with Crippen LogP contribution in [0.15, 0.2) is 0 Å². The highest BCUT2D eigenvalue weighted by molar-refractivity contribution is 5.79. The van der Waals surface area contributed by atoms with E-state index in [1.54, 1.807) is 7.11 Å². The summed E-state index contributed by atoms with van der Waals surface area (Å²) in [5.41, 5.74) is 0. The van der Waals surface area contributed by atoms with Crippen LogP contribution in [0.2, 0.25) is 0 Å². The summed E-state index contributed by atoms with van der Waals surface area (Å²) in [6.07, 6.45) is 5.76. The van der Waals surface area contributed by atoms with E-state index in [1.807, 2.05) is 0 Å². The molecule has 0 saturated carbocycles. The van der Waals surface area contributed by atoms with Gasteiger partial charge in [-0.3, -0.25) is 4.79 Å². The Morgan fingerprint density at radius 3 is 2.76 bits per heavy atom. The summed E-state index contributed by atoms with van der Waals surface area (Å²) in [5.74, 6) is 0.355. The van der Waals surface area contributed by atoms with Crippen LogP contribution >= 0.6 is 0 Å². The first kappa shape index (κ1) is 15.3. The molecule has 0 spiro atoms. The molecule has 0 aromatic rings. The van der Waals surface area contributed by atoms with Gasteiger partial charge in [0.15, 0.2) is 0 Å². The number of carbonyl (C=O) groups excluding carboxylic acids is 1. The normalized spacial score (nSPS) is 34.5. The van der Waals surface area contributed by atoms with Crippen LogP contribution in [0.5, 0.6) is 0 Å². The average Bonchev–Trinajstić information content (AvgIpc) is 3.17. The van der Waals surface area contributed by atoms with Crippen LogP contribution in [0.4, 0.5) is 0 Å². The number of carbonyl (C=O) groups is 1. The van der Waals surface area contributed by atoms with Crippen LogP contribution in [-0.4, -0.2) is 74.4 Å². The third-order valence-corrected chi connectivity index (χ3v) is 5.17. The van der Waals surface area contributed by atoms with E-state index in [9.17, 15) is 4.79 Å². The Kier molecular flexibility index (Phi) is 5.14. The van der Waals surface area contributed by atoms with Gasteiger partial charge in [-0.1, -0.05) is 0 Å². The van der Waals surface area contributed by atoms with Crippen molar-refractivity contribution in [3.63, 3.8) is 0 Å². The van der Waals surface area contributed by atoms with Crippen LogP contribution in [0.1, 0.15) is 32.1 Å². The molecule has 3 atom stereocenters. The number of hydrogen-bond acceptors (Lipinski definition) is 4. The fourth-order valence-electron chi connectivity index (χ4n) is 3.92. The molecule has 0 bridgehead atoms. The lowest BCUT2D eigenvalue weighted by atomic mass is 10.0. The van der Waals surface area contributed by atoms with E-state index in [-0.39, 0.29) is 12.0 Å². The Bertz CT molecular complexity index is 351. The molecule has 3 aliphatic heterocycles. The van der Waals surface area contributed by atoms with Crippen LogP contribution < -0.4 is 0 Å². The standard InChI is InChI=1S/C16H28N2O3/c1-20-15-9-14(10-17-6-2-3-7-17)18(11-15)16(19)13-5-4-8-21-12-13/h13-15H,2-12H2,1H3/t13-,14+,15+/m1/s1. The zero-order valence-corrected chi connectivity index (χ0v) is 13.1. The SMILES string of the molecule is CO[C@H]1C[C@@H](CN2CCCC2)N(C(=O)[C@@H]2CCCOC2)C1. The van der Waals surface area contributed by atoms with Crippen molar-refractivity contribution in [3.8, 4) is 0 Å². The summed E-state index contributed by atoms with van der Waals surface area (Å²) >= 11 is 0. The molecule has 5 heteroatoms. The Morgan fingerprint density at radius 1 is 1.29 bits per heavy atom. The first-order chi connectivity index (χ1) is 10.3. The van der Waals surface area contributed by atoms with Crippen molar-refractivity contribution in [1.82, 2.24) is 9.80 Å². The van der Waals surface area contributed by atoms with Gasteiger partial charge in [0.1, 0.15) is 0 Å². The molecule has 0 N–H and O–H groups in total. The molecule has 0 unspecified atom stereocenters. The monoisotopic (exact) mass is 296 g/mol. The largest absolute Gasteiger partial charge is 0.381 e. The van der Waals surface area contributed by atoms with Gasteiger partial charge in [-0.25, -0.2) is 0 Å². The van der Waals surface area contributed by atoms with Crippen LogP contribution in [0.3, 0.4) is 0 Å². The lowest BCUT2D eigenvalue weighted by molar-refractivity contribution is -0.141. The predicted molar refractivity (Wildman–Crippen MR) is 80.1 cm³/mol. The molecule has 3 aliphatic rings. The Labute approximate surface area is 127 Å². The number of ether oxygens (including phenoxy) is 2. The summed E-state index contributed by atoms with van der Waals surface area (Å²) < 4.78 is 11.0. The molecule has 3 rings (SSSR count). The Hall–Kier alpha value is -0.650. The zero-order valence-electron chi connectivity index (χ0n) is 13.1. The van der Waals surface area contributed by atoms with Crippen molar-refractivity contribution in [3.05, 3.63) is 0 Å². The van der Waals surface area contributed by atoms with Crippen molar-refractivity contribution < 1.29 is 14.3 Å². The van der Waals surface area contributed by atoms with Crippen molar-refractivity contribution in [2.45, 2.75) is 44.2 Å². The molecule has 0 aromatic carbocycles. The Balaban J connectivity index is 1.62. The minimum Gasteiger partial charge on any atom is -0.381 e. The number of hydrogen-bond donors (Lipinski definition) is 0. The van der Waals surface area contributed by atoms with Crippen molar-refractivity contribution in [1.29, 1.82) is 0 Å². The molecule has 120 valence electrons. The number of amides is 1. The summed E-state index contributed by atoms with van der Waals surface area (Å²) in [4.78, 5) is 17.4. The molecule has 3 saturated heterocycles. The number of likely N-dealkylation sites (tertiary alicyclic amines) is 2. The molecule has 21 heavy (non-hydrogen) atoms. The van der Waals surface area contributed by atoms with E-state index in [0.717, 1.165) is 39.0 Å². The van der Waals surface area contributed by atoms with Gasteiger partial charge in [-0.2, -0.15) is 0 Å². The molecule has 0 aliphatic carbocycles. The topological polar surface area (TPSA) is 42.0 Å². The first-order valence-electron chi connectivity index (χ1n) is 8.41. The lowest BCUT2D eigenvalue weighted by Gasteiger charge is -2.32. The second kappa shape index (κ2) is 7.07. The first-order valence-corrected chi connectivity index (χ1v) is 8.41. The van der Waals surface area contributed by atoms with Gasteiger partial charge in [0, 0.05) is 32.8 Å². The summed E-state index contributed by atoms with van der Waals surface area (Å²) in [6.45, 7) is 5.54. The smallest absolute Gasteiger partial charge is 0.228 e. The average molecular weight is 296 g/mol. The van der Waals surface area contributed by atoms with Crippen LogP contribution in [-0.2, 0) is 14.3 Å². The third kappa shape index (κ3) is 3.58. The van der Waals surface area contributed by atoms with Gasteiger partial charge in [-0.05, 0) is 45.2 Å². The highest BCUT2D eigenvalue weighted by atomic mass is 16.5. The lowest BCUT2D eigenvalue weighted by Crippen LogP contribution is -2.46. The molecular weight excluding hydrogens is 268 g/mol. The minimum absolute atomic E-state index is 0.0652. The van der Waals surface area contributed by atoms with Gasteiger partial charge in [0.2, 0.25) is 5.91 Å². The van der Waals surface area contributed by atoms with Gasteiger partial charge >= 0.3 is 0 Å². The summed E-state index contributed by atoms with van der Waals surface area (Å²) in [6, 6.07) is 0.322. The zero-order chi connectivity index (χ0) is 14.7. The van der Waals surface area contributed by atoms with Crippen LogP contribution in [0.25, 0.3) is 0 Å². The Morgan fingerprint density at radius 2 is 2.10 bits per heavy atom. The number of nitrogens with zero attached hydrogens (tertiary/aromatic N) is 2. The highest BCUT2D eigenvalue weighted by Gasteiger charge is 2.39. The fraction of sp³-hybridized carbons (Fsp3) is 0.938. The maximum atomic E-state index is 12.8. The summed E-state index contributed by atoms with van der Waals surface area (Å²) in [7, 11) is 1.76. The third-order valence-electron chi connectivity index (χ3n) is 5.17. The van der Waals surface area contributed by atoms with Crippen molar-refractivity contribution in [2.75, 3.05) is 46.5 Å². The fourth-order valence-corrected chi connectivity index (χ4v) is 3.92. The number of rotatable bonds is 4. The van der Waals surface area contributed by atoms with Gasteiger partial charge in [0.05, 0.1) is 18.6 Å². The molecule has 3 heterocycles. The van der Waals surface area contributed by atoms with Gasteiger partial charge in [0.25, 0.3) is 0 Å². The minimum atomic E-state index is 0.0652. The quantitative estimate of drug-likeness (QED) is 0.780. The molecule has 0 aromatic heterocycles. The molecule has 1 amide bonds. The van der Waals surface area contributed by atoms with E-state index in [0.29, 0.717) is 18.6 Å². The second-order valence-corrected chi connectivity index (χ2v) is 6.66. The molecule has 3 fully saturated rings. The van der Waals surface area contributed by atoms with E-state index >= 15 is 0 Å². The predicted octanol–water partition coefficient (Wildman–Crippen LogP) is 1.12.